The standard InChI is InChI=1S/C38H38N6O6/c1-3-50-38(49)41(21-23-44-34(45)27-11-4-8-25-9-5-12-28(32(25)27)35(44)46)18-7-17-40(2)20-22-43-36(47)29-13-6-10-26-31(42-19-16-39-24-42)15-14-30(33(26)29)37(43)48/h4-6,8-15,24H,3,7,16-23H2,1-2H3. The second-order valence-corrected chi connectivity index (χ2v) is 12.7. The van der Waals surface area contributed by atoms with Gasteiger partial charge < -0.3 is 19.4 Å². The summed E-state index contributed by atoms with van der Waals surface area (Å²) in [6.07, 6.45) is 1.83. The van der Waals surface area contributed by atoms with Crippen LogP contribution in [0.1, 0.15) is 54.8 Å². The molecule has 3 aliphatic rings. The second kappa shape index (κ2) is 13.7. The van der Waals surface area contributed by atoms with E-state index in [0.717, 1.165) is 23.0 Å². The third-order valence-corrected chi connectivity index (χ3v) is 9.62. The molecule has 5 amide bonds. The summed E-state index contributed by atoms with van der Waals surface area (Å²) < 4.78 is 5.29. The summed E-state index contributed by atoms with van der Waals surface area (Å²) in [7, 11) is 1.90. The number of amides is 5. The van der Waals surface area contributed by atoms with Crippen molar-refractivity contribution in [3.63, 3.8) is 0 Å². The number of carbonyl (C=O) groups excluding carboxylic acids is 5. The third kappa shape index (κ3) is 5.85. The van der Waals surface area contributed by atoms with Crippen molar-refractivity contribution in [3.8, 4) is 0 Å². The number of hydrogen-bond donors (Lipinski definition) is 0. The average Bonchev–Trinajstić information content (AvgIpc) is 3.67. The van der Waals surface area contributed by atoms with Gasteiger partial charge in [-0.05, 0) is 62.7 Å². The Hall–Kier alpha value is -5.62. The fraction of sp³-hybridized carbons (Fsp3) is 0.316. The van der Waals surface area contributed by atoms with Gasteiger partial charge in [-0.3, -0.25) is 34.0 Å². The van der Waals surface area contributed by atoms with E-state index < -0.39 is 6.09 Å². The highest BCUT2D eigenvalue weighted by molar-refractivity contribution is 6.27. The molecule has 256 valence electrons. The summed E-state index contributed by atoms with van der Waals surface area (Å²) in [6.45, 7) is 5.05. The highest BCUT2D eigenvalue weighted by Crippen LogP contribution is 2.36. The maximum Gasteiger partial charge on any atom is 0.409 e. The number of imide groups is 2. The zero-order chi connectivity index (χ0) is 34.9. The average molecular weight is 675 g/mol. The van der Waals surface area contributed by atoms with E-state index in [9.17, 15) is 24.0 Å². The largest absolute Gasteiger partial charge is 0.450 e. The van der Waals surface area contributed by atoms with Crippen molar-refractivity contribution >= 4 is 63.3 Å². The fourth-order valence-electron chi connectivity index (χ4n) is 7.07. The Balaban J connectivity index is 0.962. The van der Waals surface area contributed by atoms with Crippen LogP contribution in [0.2, 0.25) is 0 Å². The molecular weight excluding hydrogens is 636 g/mol. The van der Waals surface area contributed by atoms with Crippen LogP contribution in [0, 0.1) is 0 Å². The van der Waals surface area contributed by atoms with Crippen molar-refractivity contribution in [2.45, 2.75) is 13.3 Å². The molecule has 0 radical (unpaired) electrons. The highest BCUT2D eigenvalue weighted by Gasteiger charge is 2.35. The van der Waals surface area contributed by atoms with Gasteiger partial charge in [0.1, 0.15) is 0 Å². The predicted molar refractivity (Wildman–Crippen MR) is 190 cm³/mol. The highest BCUT2D eigenvalue weighted by atomic mass is 16.6. The van der Waals surface area contributed by atoms with Gasteiger partial charge in [-0.25, -0.2) is 4.79 Å². The van der Waals surface area contributed by atoms with Crippen molar-refractivity contribution in [2.24, 2.45) is 4.99 Å². The molecule has 0 saturated carbocycles. The predicted octanol–water partition coefficient (Wildman–Crippen LogP) is 4.51. The Morgan fingerprint density at radius 3 is 1.96 bits per heavy atom. The van der Waals surface area contributed by atoms with E-state index in [1.807, 2.05) is 47.2 Å². The first-order valence-corrected chi connectivity index (χ1v) is 16.9. The van der Waals surface area contributed by atoms with Gasteiger partial charge in [-0.1, -0.05) is 36.4 Å². The first kappa shape index (κ1) is 32.9. The molecular formula is C38H38N6O6. The minimum Gasteiger partial charge on any atom is -0.450 e. The van der Waals surface area contributed by atoms with Crippen molar-refractivity contribution in [1.29, 1.82) is 0 Å². The van der Waals surface area contributed by atoms with Gasteiger partial charge in [-0.15, -0.1) is 0 Å². The summed E-state index contributed by atoms with van der Waals surface area (Å²) in [5.41, 5.74) is 2.88. The van der Waals surface area contributed by atoms with Crippen LogP contribution < -0.4 is 4.90 Å². The Morgan fingerprint density at radius 2 is 1.34 bits per heavy atom. The van der Waals surface area contributed by atoms with Crippen LogP contribution in [-0.2, 0) is 4.74 Å². The number of benzene rings is 4. The summed E-state index contributed by atoms with van der Waals surface area (Å²) >= 11 is 0. The first-order chi connectivity index (χ1) is 24.3. The van der Waals surface area contributed by atoms with E-state index in [1.165, 1.54) is 14.7 Å². The number of ether oxygens (including phenoxy) is 1. The van der Waals surface area contributed by atoms with Crippen molar-refractivity contribution in [1.82, 2.24) is 19.6 Å². The third-order valence-electron chi connectivity index (χ3n) is 9.62. The van der Waals surface area contributed by atoms with E-state index >= 15 is 0 Å². The maximum absolute atomic E-state index is 13.6. The normalized spacial score (nSPS) is 15.3. The van der Waals surface area contributed by atoms with Gasteiger partial charge in [-0.2, -0.15) is 0 Å². The Morgan fingerprint density at radius 1 is 0.740 bits per heavy atom. The Bertz CT molecular complexity index is 2000. The first-order valence-electron chi connectivity index (χ1n) is 16.9. The number of anilines is 1. The molecule has 3 heterocycles. The van der Waals surface area contributed by atoms with Crippen LogP contribution in [0.25, 0.3) is 21.5 Å². The molecule has 0 aliphatic carbocycles. The lowest BCUT2D eigenvalue weighted by atomic mass is 9.92. The van der Waals surface area contributed by atoms with Gasteiger partial charge in [0.2, 0.25) is 0 Å². The molecule has 0 unspecified atom stereocenters. The second-order valence-electron chi connectivity index (χ2n) is 12.7. The van der Waals surface area contributed by atoms with Crippen molar-refractivity contribution < 1.29 is 28.7 Å². The van der Waals surface area contributed by atoms with Crippen LogP contribution in [0.15, 0.2) is 71.7 Å². The lowest BCUT2D eigenvalue weighted by molar-refractivity contribution is 0.0573. The van der Waals surface area contributed by atoms with Crippen molar-refractivity contribution in [3.05, 3.63) is 89.0 Å². The minimum atomic E-state index is -0.521. The van der Waals surface area contributed by atoms with E-state index in [0.29, 0.717) is 65.6 Å². The quantitative estimate of drug-likeness (QED) is 0.201. The molecule has 0 atom stereocenters. The monoisotopic (exact) mass is 674 g/mol. The van der Waals surface area contributed by atoms with E-state index in [1.54, 1.807) is 49.7 Å². The number of hydrogen-bond acceptors (Lipinski definition) is 9. The van der Waals surface area contributed by atoms with Gasteiger partial charge >= 0.3 is 6.09 Å². The van der Waals surface area contributed by atoms with Crippen LogP contribution >= 0.6 is 0 Å². The summed E-state index contributed by atoms with van der Waals surface area (Å²) in [6, 6.07) is 20.1. The number of carbonyl (C=O) groups is 5. The molecule has 3 aliphatic heterocycles. The molecule has 0 fully saturated rings. The molecule has 0 spiro atoms. The summed E-state index contributed by atoms with van der Waals surface area (Å²) in [5, 5.41) is 3.02. The van der Waals surface area contributed by atoms with E-state index in [4.69, 9.17) is 4.74 Å². The Kier molecular flexibility index (Phi) is 9.02. The lowest BCUT2D eigenvalue weighted by Gasteiger charge is -2.31. The number of likely N-dealkylation sites (N-methyl/N-ethyl adjacent to an activating group) is 1. The van der Waals surface area contributed by atoms with Gasteiger partial charge in [0.15, 0.2) is 0 Å². The summed E-state index contributed by atoms with van der Waals surface area (Å²) in [5.74, 6) is -1.40. The molecule has 0 bridgehead atoms. The number of aliphatic imine (C=N–C) groups is 1. The van der Waals surface area contributed by atoms with Crippen LogP contribution in [0.5, 0.6) is 0 Å². The van der Waals surface area contributed by atoms with Crippen molar-refractivity contribution in [2.75, 3.05) is 70.9 Å². The zero-order valence-corrected chi connectivity index (χ0v) is 28.1. The van der Waals surface area contributed by atoms with Gasteiger partial charge in [0, 0.05) is 83.4 Å². The van der Waals surface area contributed by atoms with Crippen LogP contribution in [0.3, 0.4) is 0 Å². The molecule has 12 nitrogen and oxygen atoms in total. The molecule has 50 heavy (non-hydrogen) atoms. The van der Waals surface area contributed by atoms with E-state index in [-0.39, 0.29) is 49.9 Å². The molecule has 7 rings (SSSR count). The topological polar surface area (TPSA) is 123 Å². The molecule has 4 aromatic carbocycles. The van der Waals surface area contributed by atoms with Gasteiger partial charge in [0.25, 0.3) is 23.6 Å². The smallest absolute Gasteiger partial charge is 0.409 e. The van der Waals surface area contributed by atoms with Crippen LogP contribution in [-0.4, -0.2) is 122 Å². The number of nitrogens with zero attached hydrogens (tertiary/aromatic N) is 6. The molecule has 0 aromatic heterocycles. The summed E-state index contributed by atoms with van der Waals surface area (Å²) in [4.78, 5) is 79.2. The zero-order valence-electron chi connectivity index (χ0n) is 28.1. The number of rotatable bonds is 12. The molecule has 0 N–H and O–H groups in total. The SMILES string of the molecule is CCOC(=O)N(CCCN(C)CCN1C(=O)c2cccc3c(N4C=NCC4)ccc(c23)C1=O)CCN1C(=O)c2cccc3cccc(c23)C1=O. The minimum absolute atomic E-state index is 0.0254. The Labute approximate surface area is 289 Å². The van der Waals surface area contributed by atoms with Gasteiger partial charge in [0.05, 0.1) is 19.5 Å². The fourth-order valence-corrected chi connectivity index (χ4v) is 7.07. The van der Waals surface area contributed by atoms with E-state index in [2.05, 4.69) is 4.99 Å². The maximum atomic E-state index is 13.6. The molecule has 12 heteroatoms. The molecule has 0 saturated heterocycles. The molecule has 4 aromatic rings. The van der Waals surface area contributed by atoms with Crippen LogP contribution in [0.4, 0.5) is 10.5 Å². The lowest BCUT2D eigenvalue weighted by Crippen LogP contribution is -2.46.